The molecule has 0 saturated heterocycles. The molecule has 0 aliphatic carbocycles. The number of thiazole rings is 1. The van der Waals surface area contributed by atoms with Crippen LogP contribution in [0.15, 0.2) is 77.6 Å². The highest BCUT2D eigenvalue weighted by Gasteiger charge is 2.26. The van der Waals surface area contributed by atoms with Gasteiger partial charge in [0.15, 0.2) is 15.0 Å². The number of halogens is 1. The number of anilines is 1. The average molecular weight is 627 g/mol. The fourth-order valence-corrected chi connectivity index (χ4v) is 7.32. The van der Waals surface area contributed by atoms with Crippen LogP contribution in [-0.4, -0.2) is 82.5 Å². The number of aromatic nitrogens is 1. The Bertz CT molecular complexity index is 1540. The SMILES string of the molecule is C=CCN(CC=C)S(=O)(=O)c1ccc(C(=O)N(CCN(CC)CC)c2nc3c(S(C)(=O)=O)cccc3s2)cc1.Cl. The first-order valence-electron chi connectivity index (χ1n) is 12.4. The van der Waals surface area contributed by atoms with Crippen LogP contribution < -0.4 is 4.90 Å². The maximum absolute atomic E-state index is 13.8. The molecule has 0 fully saturated rings. The van der Waals surface area contributed by atoms with Crippen molar-refractivity contribution < 1.29 is 21.6 Å². The van der Waals surface area contributed by atoms with E-state index in [0.29, 0.717) is 28.4 Å². The van der Waals surface area contributed by atoms with Crippen molar-refractivity contribution in [1.29, 1.82) is 0 Å². The van der Waals surface area contributed by atoms with Crippen LogP contribution in [0.3, 0.4) is 0 Å². The molecule has 0 saturated carbocycles. The summed E-state index contributed by atoms with van der Waals surface area (Å²) in [6.07, 6.45) is 4.13. The second-order valence-electron chi connectivity index (χ2n) is 8.78. The number of nitrogens with zero attached hydrogens (tertiary/aromatic N) is 4. The molecule has 1 heterocycles. The Kier molecular flexibility index (Phi) is 12.0. The van der Waals surface area contributed by atoms with Gasteiger partial charge < -0.3 is 4.90 Å². The summed E-state index contributed by atoms with van der Waals surface area (Å²) < 4.78 is 52.7. The highest BCUT2D eigenvalue weighted by atomic mass is 35.5. The van der Waals surface area contributed by atoms with E-state index < -0.39 is 19.9 Å². The minimum Gasteiger partial charge on any atom is -0.302 e. The van der Waals surface area contributed by atoms with E-state index in [-0.39, 0.29) is 46.8 Å². The molecule has 218 valence electrons. The van der Waals surface area contributed by atoms with Crippen LogP contribution in [0.4, 0.5) is 5.13 Å². The minimum absolute atomic E-state index is 0. The number of benzene rings is 2. The Morgan fingerprint density at radius 1 is 0.950 bits per heavy atom. The van der Waals surface area contributed by atoms with Gasteiger partial charge in [-0.2, -0.15) is 4.31 Å². The molecule has 0 N–H and O–H groups in total. The van der Waals surface area contributed by atoms with E-state index in [2.05, 4.69) is 23.0 Å². The standard InChI is InChI=1S/C27H34N4O5S3.ClH/c1-6-17-30(18-7-2)39(35,36)22-15-13-21(14-16-22)26(32)31(20-19-29(8-3)9-4)27-28-25-23(37-27)11-10-12-24(25)38(5,33)34;/h6-7,10-16H,1-2,8-9,17-20H2,3-5H3;1H. The average Bonchev–Trinajstić information content (AvgIpc) is 3.34. The monoisotopic (exact) mass is 626 g/mol. The number of sulfonamides is 1. The Labute approximate surface area is 247 Å². The van der Waals surface area contributed by atoms with Gasteiger partial charge in [0.25, 0.3) is 5.91 Å². The molecule has 2 aromatic carbocycles. The molecule has 0 bridgehead atoms. The molecule has 3 aromatic rings. The van der Waals surface area contributed by atoms with Gasteiger partial charge in [0.1, 0.15) is 5.52 Å². The number of para-hydroxylation sites is 1. The number of hydrogen-bond acceptors (Lipinski definition) is 8. The van der Waals surface area contributed by atoms with Crippen molar-refractivity contribution in [3.8, 4) is 0 Å². The first-order chi connectivity index (χ1) is 18.5. The maximum Gasteiger partial charge on any atom is 0.260 e. The van der Waals surface area contributed by atoms with E-state index >= 15 is 0 Å². The zero-order chi connectivity index (χ0) is 28.8. The van der Waals surface area contributed by atoms with Crippen molar-refractivity contribution >= 4 is 64.9 Å². The minimum atomic E-state index is -3.81. The van der Waals surface area contributed by atoms with Gasteiger partial charge in [0, 0.05) is 38.0 Å². The number of likely N-dealkylation sites (N-methyl/N-ethyl adjacent to an activating group) is 1. The smallest absolute Gasteiger partial charge is 0.260 e. The Hall–Kier alpha value is -2.61. The molecular weight excluding hydrogens is 592 g/mol. The summed E-state index contributed by atoms with van der Waals surface area (Å²) in [4.78, 5) is 22.2. The molecule has 1 aromatic heterocycles. The van der Waals surface area contributed by atoms with Crippen LogP contribution in [-0.2, 0) is 19.9 Å². The predicted octanol–water partition coefficient (Wildman–Crippen LogP) is 4.47. The fraction of sp³-hybridized carbons (Fsp3) is 0.333. The number of fused-ring (bicyclic) bond motifs is 1. The van der Waals surface area contributed by atoms with Gasteiger partial charge in [0.05, 0.1) is 14.5 Å². The summed E-state index contributed by atoms with van der Waals surface area (Å²) in [6, 6.07) is 10.7. The summed E-state index contributed by atoms with van der Waals surface area (Å²) in [6.45, 7) is 14.1. The van der Waals surface area contributed by atoms with Gasteiger partial charge >= 0.3 is 0 Å². The maximum atomic E-state index is 13.8. The predicted molar refractivity (Wildman–Crippen MR) is 165 cm³/mol. The summed E-state index contributed by atoms with van der Waals surface area (Å²) >= 11 is 1.24. The quantitative estimate of drug-likeness (QED) is 0.243. The molecule has 40 heavy (non-hydrogen) atoms. The van der Waals surface area contributed by atoms with Crippen molar-refractivity contribution in [3.05, 3.63) is 73.3 Å². The summed E-state index contributed by atoms with van der Waals surface area (Å²) in [5.74, 6) is -0.361. The largest absolute Gasteiger partial charge is 0.302 e. The molecule has 9 nitrogen and oxygen atoms in total. The van der Waals surface area contributed by atoms with Gasteiger partial charge in [-0.3, -0.25) is 9.69 Å². The summed E-state index contributed by atoms with van der Waals surface area (Å²) in [7, 11) is -7.34. The molecule has 0 spiro atoms. The molecule has 3 rings (SSSR count). The summed E-state index contributed by atoms with van der Waals surface area (Å²) in [5.41, 5.74) is 0.613. The molecule has 0 aliphatic rings. The van der Waals surface area contributed by atoms with Crippen LogP contribution in [0.25, 0.3) is 10.2 Å². The van der Waals surface area contributed by atoms with Crippen LogP contribution >= 0.6 is 23.7 Å². The lowest BCUT2D eigenvalue weighted by Crippen LogP contribution is -2.39. The highest BCUT2D eigenvalue weighted by molar-refractivity contribution is 7.91. The lowest BCUT2D eigenvalue weighted by atomic mass is 10.2. The topological polar surface area (TPSA) is 108 Å². The molecule has 0 aliphatic heterocycles. The first kappa shape index (κ1) is 33.6. The van der Waals surface area contributed by atoms with Crippen LogP contribution in [0, 0.1) is 0 Å². The van der Waals surface area contributed by atoms with E-state index in [1.54, 1.807) is 12.1 Å². The zero-order valence-electron chi connectivity index (χ0n) is 22.8. The third kappa shape index (κ3) is 7.56. The number of carbonyl (C=O) groups excluding carboxylic acids is 1. The van der Waals surface area contributed by atoms with Crippen LogP contribution in [0.5, 0.6) is 0 Å². The van der Waals surface area contributed by atoms with Crippen molar-refractivity contribution in [3.63, 3.8) is 0 Å². The fourth-order valence-electron chi connectivity index (χ4n) is 4.02. The van der Waals surface area contributed by atoms with Gasteiger partial charge in [-0.25, -0.2) is 21.8 Å². The lowest BCUT2D eigenvalue weighted by molar-refractivity contribution is 0.0983. The molecule has 13 heteroatoms. The zero-order valence-corrected chi connectivity index (χ0v) is 26.1. The van der Waals surface area contributed by atoms with Gasteiger partial charge in [-0.1, -0.05) is 43.4 Å². The van der Waals surface area contributed by atoms with Crippen LogP contribution in [0.1, 0.15) is 24.2 Å². The van der Waals surface area contributed by atoms with E-state index in [0.717, 1.165) is 19.3 Å². The van der Waals surface area contributed by atoms with Gasteiger partial charge in [0.2, 0.25) is 10.0 Å². The number of carbonyl (C=O) groups is 1. The van der Waals surface area contributed by atoms with E-state index in [4.69, 9.17) is 0 Å². The second kappa shape index (κ2) is 14.3. The molecule has 0 atom stereocenters. The van der Waals surface area contributed by atoms with Crippen molar-refractivity contribution in [2.24, 2.45) is 0 Å². The molecular formula is C27H35ClN4O5S3. The van der Waals surface area contributed by atoms with E-state index in [1.165, 1.54) is 63.0 Å². The Balaban J connectivity index is 0.00000560. The second-order valence-corrected chi connectivity index (χ2v) is 13.7. The molecule has 0 radical (unpaired) electrons. The lowest BCUT2D eigenvalue weighted by Gasteiger charge is -2.25. The number of sulfone groups is 1. The van der Waals surface area contributed by atoms with Gasteiger partial charge in [-0.15, -0.1) is 25.6 Å². The van der Waals surface area contributed by atoms with Crippen molar-refractivity contribution in [2.45, 2.75) is 23.6 Å². The number of amides is 1. The Morgan fingerprint density at radius 2 is 1.55 bits per heavy atom. The molecule has 1 amide bonds. The summed E-state index contributed by atoms with van der Waals surface area (Å²) in [5, 5.41) is 0.373. The van der Waals surface area contributed by atoms with Gasteiger partial charge in [-0.05, 0) is 49.5 Å². The van der Waals surface area contributed by atoms with E-state index in [1.807, 2.05) is 13.8 Å². The number of rotatable bonds is 14. The normalized spacial score (nSPS) is 11.9. The van der Waals surface area contributed by atoms with Crippen LogP contribution in [0.2, 0.25) is 0 Å². The first-order valence-corrected chi connectivity index (χ1v) is 16.6. The third-order valence-electron chi connectivity index (χ3n) is 6.18. The van der Waals surface area contributed by atoms with Crippen molar-refractivity contribution in [1.82, 2.24) is 14.2 Å². The Morgan fingerprint density at radius 3 is 2.08 bits per heavy atom. The van der Waals surface area contributed by atoms with E-state index in [9.17, 15) is 21.6 Å². The third-order valence-corrected chi connectivity index (χ3v) is 10.2. The number of hydrogen-bond donors (Lipinski definition) is 0. The highest BCUT2D eigenvalue weighted by Crippen LogP contribution is 2.33. The van der Waals surface area contributed by atoms with Crippen molar-refractivity contribution in [2.75, 3.05) is 50.4 Å². The molecule has 0 unspecified atom stereocenters.